The monoisotopic (exact) mass is 281 g/mol. The third kappa shape index (κ3) is 4.07. The van der Waals surface area contributed by atoms with Gasteiger partial charge in [0, 0.05) is 12.6 Å². The molecular formula is C12H15F4NO2. The van der Waals surface area contributed by atoms with Crippen LogP contribution in [0.15, 0.2) is 6.07 Å². The Labute approximate surface area is 108 Å². The van der Waals surface area contributed by atoms with Crippen LogP contribution in [-0.4, -0.2) is 30.4 Å². The van der Waals surface area contributed by atoms with E-state index in [0.29, 0.717) is 6.54 Å². The number of hydrogen-bond acceptors (Lipinski definition) is 3. The molecule has 0 amide bonds. The van der Waals surface area contributed by atoms with E-state index >= 15 is 0 Å². The number of nitrogens with one attached hydrogen (secondary N) is 1. The summed E-state index contributed by atoms with van der Waals surface area (Å²) in [5.41, 5.74) is -1.43. The van der Waals surface area contributed by atoms with Crippen LogP contribution in [-0.2, 0) is 0 Å². The molecule has 1 unspecified atom stereocenters. The minimum atomic E-state index is -1.63. The van der Waals surface area contributed by atoms with E-state index in [1.807, 2.05) is 0 Å². The van der Waals surface area contributed by atoms with Gasteiger partial charge >= 0.3 is 0 Å². The lowest BCUT2D eigenvalue weighted by atomic mass is 10.1. The molecule has 0 aliphatic rings. The summed E-state index contributed by atoms with van der Waals surface area (Å²) in [5.74, 6) is -7.54. The van der Waals surface area contributed by atoms with Gasteiger partial charge in [0.25, 0.3) is 0 Å². The van der Waals surface area contributed by atoms with Gasteiger partial charge in [0.05, 0.1) is 0 Å². The Kier molecular flexibility index (Phi) is 5.13. The van der Waals surface area contributed by atoms with Crippen molar-refractivity contribution in [3.05, 3.63) is 29.3 Å². The molecule has 2 N–H and O–H groups in total. The van der Waals surface area contributed by atoms with Crippen LogP contribution in [0.1, 0.15) is 13.8 Å². The number of halogens is 4. The maximum Gasteiger partial charge on any atom is 0.203 e. The molecule has 0 aliphatic carbocycles. The van der Waals surface area contributed by atoms with Crippen molar-refractivity contribution in [2.45, 2.75) is 19.4 Å². The average Bonchev–Trinajstić information content (AvgIpc) is 2.34. The summed E-state index contributed by atoms with van der Waals surface area (Å²) >= 11 is 0. The maximum atomic E-state index is 13.3. The Morgan fingerprint density at radius 3 is 2.21 bits per heavy atom. The molecule has 1 aromatic rings. The van der Waals surface area contributed by atoms with Gasteiger partial charge in [-0.25, -0.2) is 8.78 Å². The Bertz CT molecular complexity index is 426. The molecule has 0 spiro atoms. The minimum Gasteiger partial charge on any atom is -0.484 e. The van der Waals surface area contributed by atoms with Gasteiger partial charge < -0.3 is 15.2 Å². The molecule has 1 rings (SSSR count). The van der Waals surface area contributed by atoms with E-state index in [4.69, 9.17) is 0 Å². The van der Waals surface area contributed by atoms with Gasteiger partial charge in [0.2, 0.25) is 11.6 Å². The number of hydrogen-bond donors (Lipinski definition) is 2. The van der Waals surface area contributed by atoms with Crippen molar-refractivity contribution < 1.29 is 27.4 Å². The van der Waals surface area contributed by atoms with E-state index in [1.165, 1.54) is 6.92 Å². The molecule has 0 saturated heterocycles. The van der Waals surface area contributed by atoms with Crippen LogP contribution >= 0.6 is 0 Å². The molecule has 0 aliphatic heterocycles. The van der Waals surface area contributed by atoms with E-state index in [1.54, 1.807) is 6.92 Å². The van der Waals surface area contributed by atoms with Gasteiger partial charge in [-0.1, -0.05) is 6.92 Å². The SMILES string of the molecule is CCNCC(C)(O)COc1c(F)c(F)cc(F)c1F. The molecule has 108 valence electrons. The molecule has 0 aromatic heterocycles. The second-order valence-corrected chi connectivity index (χ2v) is 4.36. The van der Waals surface area contributed by atoms with Crippen LogP contribution in [0.2, 0.25) is 0 Å². The van der Waals surface area contributed by atoms with Gasteiger partial charge in [-0.15, -0.1) is 0 Å². The van der Waals surface area contributed by atoms with Crippen molar-refractivity contribution in [1.82, 2.24) is 5.32 Å². The van der Waals surface area contributed by atoms with E-state index in [-0.39, 0.29) is 12.6 Å². The van der Waals surface area contributed by atoms with Gasteiger partial charge in [0.15, 0.2) is 17.4 Å². The van der Waals surface area contributed by atoms with Gasteiger partial charge in [-0.3, -0.25) is 0 Å². The van der Waals surface area contributed by atoms with Crippen LogP contribution in [0.25, 0.3) is 0 Å². The first-order chi connectivity index (χ1) is 8.78. The minimum absolute atomic E-state index is 0.0916. The fraction of sp³-hybridized carbons (Fsp3) is 0.500. The molecule has 0 radical (unpaired) electrons. The lowest BCUT2D eigenvalue weighted by Gasteiger charge is -2.24. The Morgan fingerprint density at radius 2 is 1.74 bits per heavy atom. The highest BCUT2D eigenvalue weighted by Gasteiger charge is 2.25. The predicted octanol–water partition coefficient (Wildman–Crippen LogP) is 1.98. The standard InChI is InChI=1S/C12H15F4NO2/c1-3-17-5-12(2,18)6-19-11-9(15)7(13)4-8(14)10(11)16/h4,17-18H,3,5-6H2,1-2H3. The molecule has 19 heavy (non-hydrogen) atoms. The number of ether oxygens (including phenoxy) is 1. The van der Waals surface area contributed by atoms with Crippen LogP contribution in [0, 0.1) is 23.3 Å². The lowest BCUT2D eigenvalue weighted by Crippen LogP contribution is -2.43. The summed E-state index contributed by atoms with van der Waals surface area (Å²) in [6.07, 6.45) is 0. The third-order valence-electron chi connectivity index (χ3n) is 2.35. The molecule has 7 heteroatoms. The number of rotatable bonds is 6. The summed E-state index contributed by atoms with van der Waals surface area (Å²) in [6, 6.07) is 0.0916. The molecule has 3 nitrogen and oxygen atoms in total. The molecule has 1 aromatic carbocycles. The van der Waals surface area contributed by atoms with Gasteiger partial charge in [-0.05, 0) is 13.5 Å². The average molecular weight is 281 g/mol. The van der Waals surface area contributed by atoms with Crippen molar-refractivity contribution in [2.75, 3.05) is 19.7 Å². The van der Waals surface area contributed by atoms with Crippen LogP contribution in [0.3, 0.4) is 0 Å². The van der Waals surface area contributed by atoms with Gasteiger partial charge in [0.1, 0.15) is 12.2 Å². The summed E-state index contributed by atoms with van der Waals surface area (Å²) in [7, 11) is 0. The number of aliphatic hydroxyl groups is 1. The van der Waals surface area contributed by atoms with Crippen molar-refractivity contribution in [2.24, 2.45) is 0 Å². The van der Waals surface area contributed by atoms with E-state index < -0.39 is 41.2 Å². The summed E-state index contributed by atoms with van der Waals surface area (Å²) in [4.78, 5) is 0. The molecule has 0 bridgehead atoms. The second kappa shape index (κ2) is 6.21. The highest BCUT2D eigenvalue weighted by molar-refractivity contribution is 5.28. The molecule has 0 saturated carbocycles. The Morgan fingerprint density at radius 1 is 1.21 bits per heavy atom. The van der Waals surface area contributed by atoms with Crippen LogP contribution in [0.4, 0.5) is 17.6 Å². The first kappa shape index (κ1) is 15.7. The zero-order chi connectivity index (χ0) is 14.6. The number of likely N-dealkylation sites (N-methyl/N-ethyl adjacent to an activating group) is 1. The van der Waals surface area contributed by atoms with Gasteiger partial charge in [-0.2, -0.15) is 8.78 Å². The van der Waals surface area contributed by atoms with E-state index in [9.17, 15) is 22.7 Å². The third-order valence-corrected chi connectivity index (χ3v) is 2.35. The smallest absolute Gasteiger partial charge is 0.203 e. The summed E-state index contributed by atoms with van der Waals surface area (Å²) in [6.45, 7) is 3.33. The highest BCUT2D eigenvalue weighted by Crippen LogP contribution is 2.27. The van der Waals surface area contributed by atoms with Crippen LogP contribution in [0.5, 0.6) is 5.75 Å². The quantitative estimate of drug-likeness (QED) is 0.619. The Hall–Kier alpha value is -1.34. The number of benzene rings is 1. The predicted molar refractivity (Wildman–Crippen MR) is 60.9 cm³/mol. The zero-order valence-corrected chi connectivity index (χ0v) is 10.6. The molecule has 0 fully saturated rings. The maximum absolute atomic E-state index is 13.3. The summed E-state index contributed by atoms with van der Waals surface area (Å²) < 4.78 is 57.0. The van der Waals surface area contributed by atoms with Crippen molar-refractivity contribution in [3.8, 4) is 5.75 Å². The highest BCUT2D eigenvalue weighted by atomic mass is 19.2. The zero-order valence-electron chi connectivity index (χ0n) is 10.6. The first-order valence-electron chi connectivity index (χ1n) is 5.67. The molecule has 1 atom stereocenters. The first-order valence-corrected chi connectivity index (χ1v) is 5.67. The second-order valence-electron chi connectivity index (χ2n) is 4.36. The normalized spacial score (nSPS) is 14.3. The van der Waals surface area contributed by atoms with Crippen LogP contribution < -0.4 is 10.1 Å². The van der Waals surface area contributed by atoms with E-state index in [2.05, 4.69) is 10.1 Å². The lowest BCUT2D eigenvalue weighted by molar-refractivity contribution is 0.00981. The van der Waals surface area contributed by atoms with Crippen molar-refractivity contribution >= 4 is 0 Å². The Balaban J connectivity index is 2.83. The topological polar surface area (TPSA) is 41.5 Å². The summed E-state index contributed by atoms with van der Waals surface area (Å²) in [5, 5.41) is 12.6. The van der Waals surface area contributed by atoms with E-state index in [0.717, 1.165) is 0 Å². The molecule has 0 heterocycles. The molecular weight excluding hydrogens is 266 g/mol. The largest absolute Gasteiger partial charge is 0.484 e. The fourth-order valence-corrected chi connectivity index (χ4v) is 1.35. The van der Waals surface area contributed by atoms with Crippen molar-refractivity contribution in [3.63, 3.8) is 0 Å². The van der Waals surface area contributed by atoms with Crippen molar-refractivity contribution in [1.29, 1.82) is 0 Å². The fourth-order valence-electron chi connectivity index (χ4n) is 1.35.